The molecule has 2 aromatic carbocycles. The summed E-state index contributed by atoms with van der Waals surface area (Å²) in [6, 6.07) is 12.8. The van der Waals surface area contributed by atoms with Gasteiger partial charge in [-0.1, -0.05) is 17.7 Å². The minimum Gasteiger partial charge on any atom is -0.497 e. The largest absolute Gasteiger partial charge is 0.497 e. The summed E-state index contributed by atoms with van der Waals surface area (Å²) in [5, 5.41) is 0. The second-order valence-electron chi connectivity index (χ2n) is 4.69. The van der Waals surface area contributed by atoms with Gasteiger partial charge in [0.1, 0.15) is 5.75 Å². The van der Waals surface area contributed by atoms with Gasteiger partial charge in [0.25, 0.3) is 5.91 Å². The van der Waals surface area contributed by atoms with Gasteiger partial charge < -0.3 is 15.4 Å². The number of carbonyl (C=O) groups excluding carboxylic acids is 1. The highest BCUT2D eigenvalue weighted by Gasteiger charge is 2.14. The van der Waals surface area contributed by atoms with Crippen LogP contribution in [0, 0.1) is 6.92 Å². The van der Waals surface area contributed by atoms with Crippen LogP contribution in [0.1, 0.15) is 15.9 Å². The Morgan fingerprint density at radius 2 is 1.80 bits per heavy atom. The number of ether oxygens (including phenoxy) is 1. The van der Waals surface area contributed by atoms with Gasteiger partial charge in [-0.3, -0.25) is 4.79 Å². The van der Waals surface area contributed by atoms with E-state index in [2.05, 4.69) is 0 Å². The van der Waals surface area contributed by atoms with Gasteiger partial charge in [0, 0.05) is 30.1 Å². The third kappa shape index (κ3) is 2.91. The average Bonchev–Trinajstić information content (AvgIpc) is 2.45. The number of benzene rings is 2. The minimum absolute atomic E-state index is 0.126. The maximum absolute atomic E-state index is 12.5. The standard InChI is InChI=1S/C16H18N2O2/c1-11-4-6-14(7-5-11)18(2)16(19)12-8-13(17)10-15(9-12)20-3/h4-10H,17H2,1-3H3. The maximum Gasteiger partial charge on any atom is 0.258 e. The Morgan fingerprint density at radius 3 is 2.40 bits per heavy atom. The number of carbonyl (C=O) groups is 1. The first-order chi connectivity index (χ1) is 9.51. The normalized spacial score (nSPS) is 10.2. The molecule has 0 aliphatic rings. The molecule has 20 heavy (non-hydrogen) atoms. The number of anilines is 2. The molecule has 104 valence electrons. The molecule has 0 aromatic heterocycles. The smallest absolute Gasteiger partial charge is 0.258 e. The summed E-state index contributed by atoms with van der Waals surface area (Å²) in [6.45, 7) is 2.01. The summed E-state index contributed by atoms with van der Waals surface area (Å²) in [5.41, 5.74) is 8.78. The lowest BCUT2D eigenvalue weighted by Crippen LogP contribution is -2.26. The van der Waals surface area contributed by atoms with Crippen LogP contribution < -0.4 is 15.4 Å². The van der Waals surface area contributed by atoms with Gasteiger partial charge >= 0.3 is 0 Å². The Labute approximate surface area is 118 Å². The Kier molecular flexibility index (Phi) is 3.94. The predicted molar refractivity (Wildman–Crippen MR) is 81.3 cm³/mol. The van der Waals surface area contributed by atoms with Crippen molar-refractivity contribution in [2.45, 2.75) is 6.92 Å². The van der Waals surface area contributed by atoms with E-state index in [4.69, 9.17) is 10.5 Å². The van der Waals surface area contributed by atoms with Gasteiger partial charge in [0.15, 0.2) is 0 Å². The zero-order valence-electron chi connectivity index (χ0n) is 11.9. The molecular formula is C16H18N2O2. The van der Waals surface area contributed by atoms with Crippen molar-refractivity contribution in [2.24, 2.45) is 0 Å². The molecule has 1 amide bonds. The lowest BCUT2D eigenvalue weighted by Gasteiger charge is -2.18. The Hall–Kier alpha value is -2.49. The van der Waals surface area contributed by atoms with E-state index in [1.807, 2.05) is 31.2 Å². The number of hydrogen-bond donors (Lipinski definition) is 1. The van der Waals surface area contributed by atoms with Crippen LogP contribution in [0.25, 0.3) is 0 Å². The molecule has 2 aromatic rings. The SMILES string of the molecule is COc1cc(N)cc(C(=O)N(C)c2ccc(C)cc2)c1. The van der Waals surface area contributed by atoms with Crippen molar-refractivity contribution >= 4 is 17.3 Å². The first-order valence-electron chi connectivity index (χ1n) is 6.30. The molecule has 0 atom stereocenters. The number of aryl methyl sites for hydroxylation is 1. The first-order valence-corrected chi connectivity index (χ1v) is 6.30. The summed E-state index contributed by atoms with van der Waals surface area (Å²) in [7, 11) is 3.29. The molecule has 4 nitrogen and oxygen atoms in total. The van der Waals surface area contributed by atoms with Crippen LogP contribution in [0.4, 0.5) is 11.4 Å². The maximum atomic E-state index is 12.5. The van der Waals surface area contributed by atoms with E-state index in [0.29, 0.717) is 17.0 Å². The number of amides is 1. The van der Waals surface area contributed by atoms with E-state index >= 15 is 0 Å². The van der Waals surface area contributed by atoms with Gasteiger partial charge in [-0.25, -0.2) is 0 Å². The Morgan fingerprint density at radius 1 is 1.15 bits per heavy atom. The first kappa shape index (κ1) is 13.9. The molecule has 0 spiro atoms. The predicted octanol–water partition coefficient (Wildman–Crippen LogP) is 2.86. The third-order valence-electron chi connectivity index (χ3n) is 3.14. The molecule has 0 radical (unpaired) electrons. The quantitative estimate of drug-likeness (QED) is 0.872. The highest BCUT2D eigenvalue weighted by Crippen LogP contribution is 2.22. The van der Waals surface area contributed by atoms with Gasteiger partial charge in [0.2, 0.25) is 0 Å². The summed E-state index contributed by atoms with van der Waals surface area (Å²) in [4.78, 5) is 14.1. The van der Waals surface area contributed by atoms with E-state index in [9.17, 15) is 4.79 Å². The molecule has 0 saturated heterocycles. The zero-order valence-corrected chi connectivity index (χ0v) is 11.9. The fourth-order valence-corrected chi connectivity index (χ4v) is 1.94. The molecule has 0 aliphatic heterocycles. The van der Waals surface area contributed by atoms with E-state index in [1.54, 1.807) is 37.3 Å². The molecule has 0 fully saturated rings. The van der Waals surface area contributed by atoms with Crippen LogP contribution in [0.5, 0.6) is 5.75 Å². The van der Waals surface area contributed by atoms with Crippen molar-refractivity contribution in [1.82, 2.24) is 0 Å². The van der Waals surface area contributed by atoms with Crippen LogP contribution in [0.2, 0.25) is 0 Å². The van der Waals surface area contributed by atoms with Crippen molar-refractivity contribution < 1.29 is 9.53 Å². The number of rotatable bonds is 3. The molecule has 0 heterocycles. The van der Waals surface area contributed by atoms with Crippen molar-refractivity contribution in [3.05, 3.63) is 53.6 Å². The molecule has 0 aliphatic carbocycles. The van der Waals surface area contributed by atoms with E-state index in [1.165, 1.54) is 0 Å². The monoisotopic (exact) mass is 270 g/mol. The second-order valence-corrected chi connectivity index (χ2v) is 4.69. The number of nitrogens with zero attached hydrogens (tertiary/aromatic N) is 1. The van der Waals surface area contributed by atoms with Crippen LogP contribution in [0.15, 0.2) is 42.5 Å². The number of nitrogen functional groups attached to an aromatic ring is 1. The van der Waals surface area contributed by atoms with Crippen LogP contribution in [0.3, 0.4) is 0 Å². The van der Waals surface area contributed by atoms with Crippen molar-refractivity contribution in [2.75, 3.05) is 24.8 Å². The molecule has 0 bridgehead atoms. The zero-order chi connectivity index (χ0) is 14.7. The summed E-state index contributed by atoms with van der Waals surface area (Å²) in [5.74, 6) is 0.449. The van der Waals surface area contributed by atoms with Crippen LogP contribution in [-0.2, 0) is 0 Å². The number of nitrogens with two attached hydrogens (primary N) is 1. The molecule has 2 rings (SSSR count). The number of methoxy groups -OCH3 is 1. The third-order valence-corrected chi connectivity index (χ3v) is 3.14. The molecule has 0 unspecified atom stereocenters. The van der Waals surface area contributed by atoms with E-state index in [0.717, 1.165) is 11.3 Å². The molecule has 0 saturated carbocycles. The summed E-state index contributed by atoms with van der Waals surface area (Å²) < 4.78 is 5.14. The summed E-state index contributed by atoms with van der Waals surface area (Å²) in [6.07, 6.45) is 0. The van der Waals surface area contributed by atoms with Gasteiger partial charge in [0.05, 0.1) is 7.11 Å². The average molecular weight is 270 g/mol. The molecular weight excluding hydrogens is 252 g/mol. The molecule has 2 N–H and O–H groups in total. The number of hydrogen-bond acceptors (Lipinski definition) is 3. The fourth-order valence-electron chi connectivity index (χ4n) is 1.94. The second kappa shape index (κ2) is 5.65. The van der Waals surface area contributed by atoms with Crippen LogP contribution >= 0.6 is 0 Å². The van der Waals surface area contributed by atoms with E-state index < -0.39 is 0 Å². The lowest BCUT2D eigenvalue weighted by molar-refractivity contribution is 0.0992. The van der Waals surface area contributed by atoms with Gasteiger partial charge in [-0.15, -0.1) is 0 Å². The van der Waals surface area contributed by atoms with Crippen LogP contribution in [-0.4, -0.2) is 20.1 Å². The Balaban J connectivity index is 2.30. The highest BCUT2D eigenvalue weighted by molar-refractivity contribution is 6.06. The minimum atomic E-state index is -0.126. The van der Waals surface area contributed by atoms with E-state index in [-0.39, 0.29) is 5.91 Å². The lowest BCUT2D eigenvalue weighted by atomic mass is 10.1. The Bertz CT molecular complexity index is 621. The highest BCUT2D eigenvalue weighted by atomic mass is 16.5. The van der Waals surface area contributed by atoms with Crippen molar-refractivity contribution in [3.8, 4) is 5.75 Å². The van der Waals surface area contributed by atoms with Gasteiger partial charge in [-0.2, -0.15) is 0 Å². The topological polar surface area (TPSA) is 55.6 Å². The van der Waals surface area contributed by atoms with Crippen molar-refractivity contribution in [3.63, 3.8) is 0 Å². The summed E-state index contributed by atoms with van der Waals surface area (Å²) >= 11 is 0. The fraction of sp³-hybridized carbons (Fsp3) is 0.188. The van der Waals surface area contributed by atoms with Gasteiger partial charge in [-0.05, 0) is 31.2 Å². The molecule has 4 heteroatoms. The van der Waals surface area contributed by atoms with Crippen molar-refractivity contribution in [1.29, 1.82) is 0 Å².